The van der Waals surface area contributed by atoms with Crippen molar-refractivity contribution >= 4 is 34.3 Å². The van der Waals surface area contributed by atoms with Crippen LogP contribution in [0.3, 0.4) is 0 Å². The van der Waals surface area contributed by atoms with Crippen molar-refractivity contribution in [3.63, 3.8) is 0 Å². The third kappa shape index (κ3) is 4.14. The van der Waals surface area contributed by atoms with Crippen LogP contribution in [0, 0.1) is 6.92 Å². The highest BCUT2D eigenvalue weighted by molar-refractivity contribution is 6.06. The van der Waals surface area contributed by atoms with Crippen molar-refractivity contribution in [1.82, 2.24) is 5.32 Å². The quantitative estimate of drug-likeness (QED) is 0.452. The van der Waals surface area contributed by atoms with Gasteiger partial charge in [-0.05, 0) is 49.4 Å². The van der Waals surface area contributed by atoms with Crippen molar-refractivity contribution in [3.05, 3.63) is 84.0 Å². The summed E-state index contributed by atoms with van der Waals surface area (Å²) in [6.45, 7) is 2.15. The molecule has 2 aromatic carbocycles. The van der Waals surface area contributed by atoms with Crippen LogP contribution in [-0.4, -0.2) is 11.9 Å². The molecule has 4 rings (SSSR count). The molecule has 0 atom stereocenters. The van der Waals surface area contributed by atoms with Gasteiger partial charge >= 0.3 is 6.03 Å². The molecule has 0 unspecified atom stereocenters. The van der Waals surface area contributed by atoms with Crippen molar-refractivity contribution in [2.75, 3.05) is 10.6 Å². The second kappa shape index (κ2) is 7.93. The second-order valence-corrected chi connectivity index (χ2v) is 6.47. The first-order chi connectivity index (χ1) is 14.1. The summed E-state index contributed by atoms with van der Waals surface area (Å²) in [5.74, 6) is 0.625. The minimum Gasteiger partial charge on any atom is -0.467 e. The number of furan rings is 2. The minimum atomic E-state index is -0.351. The van der Waals surface area contributed by atoms with Gasteiger partial charge in [-0.3, -0.25) is 4.79 Å². The molecule has 0 saturated heterocycles. The molecule has 0 aliphatic rings. The van der Waals surface area contributed by atoms with Gasteiger partial charge in [0.25, 0.3) is 5.91 Å². The normalized spacial score (nSPS) is 10.7. The molecule has 29 heavy (non-hydrogen) atoms. The Balaban J connectivity index is 1.36. The Morgan fingerprint density at radius 1 is 0.897 bits per heavy atom. The van der Waals surface area contributed by atoms with Gasteiger partial charge < -0.3 is 24.8 Å². The van der Waals surface area contributed by atoms with E-state index in [0.717, 1.165) is 10.9 Å². The van der Waals surface area contributed by atoms with Gasteiger partial charge in [0.2, 0.25) is 0 Å². The molecule has 0 saturated carbocycles. The van der Waals surface area contributed by atoms with E-state index in [4.69, 9.17) is 8.83 Å². The summed E-state index contributed by atoms with van der Waals surface area (Å²) in [5, 5.41) is 9.14. The van der Waals surface area contributed by atoms with Gasteiger partial charge in [0.15, 0.2) is 5.76 Å². The molecular formula is C22H19N3O4. The molecule has 0 aliphatic heterocycles. The van der Waals surface area contributed by atoms with Crippen molar-refractivity contribution in [2.24, 2.45) is 0 Å². The maximum atomic E-state index is 12.6. The fourth-order valence-electron chi connectivity index (χ4n) is 2.97. The number of nitrogens with one attached hydrogen (secondary N) is 3. The number of aryl methyl sites for hydroxylation is 1. The highest BCUT2D eigenvalue weighted by Crippen LogP contribution is 2.25. The molecule has 0 aliphatic carbocycles. The second-order valence-electron chi connectivity index (χ2n) is 6.47. The summed E-state index contributed by atoms with van der Waals surface area (Å²) in [6.07, 6.45) is 1.55. The fourth-order valence-corrected chi connectivity index (χ4v) is 2.97. The van der Waals surface area contributed by atoms with Crippen LogP contribution in [0.2, 0.25) is 0 Å². The molecule has 7 nitrogen and oxygen atoms in total. The van der Waals surface area contributed by atoms with E-state index in [-0.39, 0.29) is 17.7 Å². The molecule has 3 amide bonds. The van der Waals surface area contributed by atoms with E-state index in [1.807, 2.05) is 31.2 Å². The van der Waals surface area contributed by atoms with Crippen molar-refractivity contribution in [3.8, 4) is 0 Å². The first-order valence-corrected chi connectivity index (χ1v) is 9.07. The van der Waals surface area contributed by atoms with E-state index in [1.165, 1.54) is 0 Å². The number of hydrogen-bond acceptors (Lipinski definition) is 4. The van der Waals surface area contributed by atoms with Gasteiger partial charge in [0.1, 0.15) is 11.3 Å². The summed E-state index contributed by atoms with van der Waals surface area (Å²) < 4.78 is 10.8. The van der Waals surface area contributed by atoms with E-state index in [9.17, 15) is 9.59 Å². The molecule has 0 bridgehead atoms. The van der Waals surface area contributed by atoms with Crippen LogP contribution < -0.4 is 16.0 Å². The highest BCUT2D eigenvalue weighted by Gasteiger charge is 2.17. The number of para-hydroxylation sites is 1. The molecule has 0 spiro atoms. The lowest BCUT2D eigenvalue weighted by atomic mass is 10.1. The lowest BCUT2D eigenvalue weighted by molar-refractivity contribution is 0.0998. The molecule has 2 heterocycles. The summed E-state index contributed by atoms with van der Waals surface area (Å²) >= 11 is 0. The summed E-state index contributed by atoms with van der Waals surface area (Å²) in [6, 6.07) is 17.5. The lowest BCUT2D eigenvalue weighted by Gasteiger charge is -2.08. The number of hydrogen-bond donors (Lipinski definition) is 3. The number of urea groups is 1. The van der Waals surface area contributed by atoms with Gasteiger partial charge in [0.05, 0.1) is 12.8 Å². The minimum absolute atomic E-state index is 0.283. The number of carbonyl (C=O) groups excluding carboxylic acids is 2. The Labute approximate surface area is 166 Å². The molecule has 7 heteroatoms. The number of fused-ring (bicyclic) bond motifs is 1. The third-order valence-corrected chi connectivity index (χ3v) is 4.45. The van der Waals surface area contributed by atoms with Gasteiger partial charge in [-0.2, -0.15) is 0 Å². The van der Waals surface area contributed by atoms with Crippen LogP contribution in [0.25, 0.3) is 11.0 Å². The number of rotatable bonds is 5. The molecule has 0 fully saturated rings. The number of carbonyl (C=O) groups is 2. The van der Waals surface area contributed by atoms with Gasteiger partial charge in [-0.25, -0.2) is 4.79 Å². The summed E-state index contributed by atoms with van der Waals surface area (Å²) in [5.41, 5.74) is 2.66. The monoisotopic (exact) mass is 389 g/mol. The molecule has 4 aromatic rings. The van der Waals surface area contributed by atoms with Crippen LogP contribution in [0.1, 0.15) is 21.9 Å². The Kier molecular flexibility index (Phi) is 5.03. The average Bonchev–Trinajstić information content (AvgIpc) is 3.36. The number of benzene rings is 2. The zero-order valence-electron chi connectivity index (χ0n) is 15.7. The largest absolute Gasteiger partial charge is 0.467 e. The Morgan fingerprint density at radius 2 is 1.62 bits per heavy atom. The van der Waals surface area contributed by atoms with E-state index < -0.39 is 0 Å². The summed E-state index contributed by atoms with van der Waals surface area (Å²) in [4.78, 5) is 24.5. The molecular weight excluding hydrogens is 370 g/mol. The van der Waals surface area contributed by atoms with Crippen molar-refractivity contribution < 1.29 is 18.4 Å². The van der Waals surface area contributed by atoms with Crippen LogP contribution in [0.15, 0.2) is 75.8 Å². The van der Waals surface area contributed by atoms with Crippen LogP contribution in [-0.2, 0) is 6.54 Å². The fraction of sp³-hybridized carbons (Fsp3) is 0.0909. The Hall–Kier alpha value is -4.00. The predicted molar refractivity (Wildman–Crippen MR) is 110 cm³/mol. The summed E-state index contributed by atoms with van der Waals surface area (Å²) in [7, 11) is 0. The standard InChI is InChI=1S/C22H19N3O4/c1-14-18-6-2-3-7-19(18)29-20(14)21(26)24-15-8-10-16(11-9-15)25-22(27)23-13-17-5-4-12-28-17/h2-12H,13H2,1H3,(H,24,26)(H2,23,25,27). The maximum absolute atomic E-state index is 12.6. The van der Waals surface area contributed by atoms with E-state index in [2.05, 4.69) is 16.0 Å². The first-order valence-electron chi connectivity index (χ1n) is 9.07. The molecule has 0 radical (unpaired) electrons. The Morgan fingerprint density at radius 3 is 2.31 bits per heavy atom. The van der Waals surface area contributed by atoms with E-state index in [0.29, 0.717) is 29.3 Å². The SMILES string of the molecule is Cc1c(C(=O)Nc2ccc(NC(=O)NCc3ccco3)cc2)oc2ccccc12. The smallest absolute Gasteiger partial charge is 0.319 e. The zero-order valence-corrected chi connectivity index (χ0v) is 15.7. The highest BCUT2D eigenvalue weighted by atomic mass is 16.3. The third-order valence-electron chi connectivity index (χ3n) is 4.45. The van der Waals surface area contributed by atoms with Gasteiger partial charge in [0, 0.05) is 22.3 Å². The van der Waals surface area contributed by atoms with Crippen LogP contribution in [0.4, 0.5) is 16.2 Å². The molecule has 2 aromatic heterocycles. The van der Waals surface area contributed by atoms with Crippen LogP contribution in [0.5, 0.6) is 0 Å². The number of amides is 3. The van der Waals surface area contributed by atoms with Crippen molar-refractivity contribution in [2.45, 2.75) is 13.5 Å². The lowest BCUT2D eigenvalue weighted by Crippen LogP contribution is -2.27. The first kappa shape index (κ1) is 18.4. The Bertz CT molecular complexity index is 1140. The van der Waals surface area contributed by atoms with Crippen LogP contribution >= 0.6 is 0 Å². The van der Waals surface area contributed by atoms with E-state index in [1.54, 1.807) is 42.7 Å². The molecule has 146 valence electrons. The molecule has 3 N–H and O–H groups in total. The van der Waals surface area contributed by atoms with Gasteiger partial charge in [-0.1, -0.05) is 18.2 Å². The van der Waals surface area contributed by atoms with Gasteiger partial charge in [-0.15, -0.1) is 0 Å². The van der Waals surface area contributed by atoms with Crippen molar-refractivity contribution in [1.29, 1.82) is 0 Å². The maximum Gasteiger partial charge on any atom is 0.319 e. The zero-order chi connectivity index (χ0) is 20.2. The topological polar surface area (TPSA) is 96.5 Å². The average molecular weight is 389 g/mol. The predicted octanol–water partition coefficient (Wildman–Crippen LogP) is 4.91. The van der Waals surface area contributed by atoms with E-state index >= 15 is 0 Å². The number of anilines is 2.